The lowest BCUT2D eigenvalue weighted by Gasteiger charge is -2.16. The molecule has 2 aromatic carbocycles. The van der Waals surface area contributed by atoms with Crippen molar-refractivity contribution >= 4 is 6.03 Å². The zero-order chi connectivity index (χ0) is 24.4. The van der Waals surface area contributed by atoms with Crippen molar-refractivity contribution < 1.29 is 9.18 Å². The van der Waals surface area contributed by atoms with Crippen LogP contribution < -0.4 is 5.69 Å². The standard InChI is InChI=1S/C25H23FN6O2/c1-4-29(3)24(33)31-23(17(2)30(25(31)34)21-7-5-6-19(14-21)15-26)22-12-13-28-32(22)20-10-8-18(16-27)9-11-20/h5-14H,4,15H2,1-3H3. The molecule has 9 heteroatoms. The minimum Gasteiger partial charge on any atom is -0.327 e. The first-order valence-corrected chi connectivity index (χ1v) is 10.7. The molecular formula is C25H23FN6O2. The van der Waals surface area contributed by atoms with Gasteiger partial charge in [-0.15, -0.1) is 0 Å². The summed E-state index contributed by atoms with van der Waals surface area (Å²) >= 11 is 0. The van der Waals surface area contributed by atoms with E-state index < -0.39 is 18.4 Å². The fourth-order valence-corrected chi connectivity index (χ4v) is 3.84. The van der Waals surface area contributed by atoms with E-state index in [1.54, 1.807) is 79.4 Å². The van der Waals surface area contributed by atoms with Crippen LogP contribution >= 0.6 is 0 Å². The van der Waals surface area contributed by atoms with Crippen LogP contribution in [0.15, 0.2) is 65.6 Å². The van der Waals surface area contributed by atoms with Crippen LogP contribution in [-0.4, -0.2) is 43.4 Å². The third-order valence-corrected chi connectivity index (χ3v) is 5.73. The Labute approximate surface area is 195 Å². The molecule has 1 amide bonds. The summed E-state index contributed by atoms with van der Waals surface area (Å²) in [6.45, 7) is 3.29. The molecule has 0 saturated heterocycles. The Kier molecular flexibility index (Phi) is 6.15. The van der Waals surface area contributed by atoms with Crippen LogP contribution in [0.1, 0.15) is 23.7 Å². The second-order valence-electron chi connectivity index (χ2n) is 7.77. The number of carbonyl (C=O) groups excluding carboxylic acids is 1. The van der Waals surface area contributed by atoms with Gasteiger partial charge in [-0.3, -0.25) is 4.57 Å². The van der Waals surface area contributed by atoms with Crippen molar-refractivity contribution in [2.45, 2.75) is 20.5 Å². The highest BCUT2D eigenvalue weighted by Crippen LogP contribution is 2.27. The molecule has 0 radical (unpaired) electrons. The van der Waals surface area contributed by atoms with Crippen molar-refractivity contribution in [3.05, 3.63) is 88.1 Å². The minimum absolute atomic E-state index is 0.378. The van der Waals surface area contributed by atoms with E-state index in [0.29, 0.717) is 46.1 Å². The second kappa shape index (κ2) is 9.19. The Balaban J connectivity index is 2.00. The van der Waals surface area contributed by atoms with Crippen molar-refractivity contribution in [1.82, 2.24) is 23.8 Å². The third-order valence-electron chi connectivity index (χ3n) is 5.73. The minimum atomic E-state index is -0.668. The van der Waals surface area contributed by atoms with Gasteiger partial charge in [0.2, 0.25) is 0 Å². The summed E-state index contributed by atoms with van der Waals surface area (Å²) in [4.78, 5) is 28.4. The molecule has 0 fully saturated rings. The number of aromatic nitrogens is 4. The lowest BCUT2D eigenvalue weighted by atomic mass is 10.2. The van der Waals surface area contributed by atoms with Crippen LogP contribution in [0.3, 0.4) is 0 Å². The zero-order valence-electron chi connectivity index (χ0n) is 19.1. The van der Waals surface area contributed by atoms with Gasteiger partial charge in [-0.05, 0) is 61.9 Å². The van der Waals surface area contributed by atoms with Gasteiger partial charge in [0.25, 0.3) is 0 Å². The summed E-state index contributed by atoms with van der Waals surface area (Å²) < 4.78 is 17.5. The number of rotatable bonds is 5. The van der Waals surface area contributed by atoms with E-state index in [4.69, 9.17) is 5.26 Å². The van der Waals surface area contributed by atoms with E-state index in [9.17, 15) is 14.0 Å². The molecule has 8 nitrogen and oxygen atoms in total. The number of hydrogen-bond acceptors (Lipinski definition) is 4. The summed E-state index contributed by atoms with van der Waals surface area (Å²) in [5.41, 5.74) is 2.92. The maximum Gasteiger partial charge on any atom is 0.341 e. The van der Waals surface area contributed by atoms with Gasteiger partial charge in [0.05, 0.1) is 40.6 Å². The number of hydrogen-bond donors (Lipinski definition) is 0. The third kappa shape index (κ3) is 3.79. The van der Waals surface area contributed by atoms with Crippen molar-refractivity contribution in [2.24, 2.45) is 0 Å². The van der Waals surface area contributed by atoms with Crippen molar-refractivity contribution in [3.8, 4) is 28.8 Å². The molecule has 172 valence electrons. The number of alkyl halides is 1. The molecule has 2 aromatic heterocycles. The van der Waals surface area contributed by atoms with Gasteiger partial charge < -0.3 is 4.90 Å². The molecule has 0 aliphatic carbocycles. The molecule has 4 aromatic rings. The number of amides is 1. The van der Waals surface area contributed by atoms with Crippen LogP contribution in [0.4, 0.5) is 9.18 Å². The number of benzene rings is 2. The summed E-state index contributed by atoms with van der Waals surface area (Å²) in [7, 11) is 1.62. The van der Waals surface area contributed by atoms with Crippen LogP contribution in [0, 0.1) is 18.3 Å². The predicted octanol–water partition coefficient (Wildman–Crippen LogP) is 4.06. The number of nitriles is 1. The molecule has 34 heavy (non-hydrogen) atoms. The quantitative estimate of drug-likeness (QED) is 0.451. The molecule has 0 atom stereocenters. The van der Waals surface area contributed by atoms with Gasteiger partial charge in [0, 0.05) is 13.6 Å². The Morgan fingerprint density at radius 2 is 1.88 bits per heavy atom. The predicted molar refractivity (Wildman–Crippen MR) is 126 cm³/mol. The molecular weight excluding hydrogens is 435 g/mol. The number of carbonyl (C=O) groups is 1. The average Bonchev–Trinajstić information content (AvgIpc) is 3.44. The van der Waals surface area contributed by atoms with E-state index >= 15 is 0 Å². The molecule has 0 N–H and O–H groups in total. The normalized spacial score (nSPS) is 10.8. The highest BCUT2D eigenvalue weighted by molar-refractivity contribution is 5.83. The molecule has 0 bridgehead atoms. The van der Waals surface area contributed by atoms with Gasteiger partial charge in [-0.2, -0.15) is 10.4 Å². The molecule has 0 saturated carbocycles. The van der Waals surface area contributed by atoms with E-state index in [0.717, 1.165) is 4.57 Å². The van der Waals surface area contributed by atoms with Gasteiger partial charge in [0.15, 0.2) is 0 Å². The monoisotopic (exact) mass is 458 g/mol. The number of imidazole rings is 1. The van der Waals surface area contributed by atoms with Crippen molar-refractivity contribution in [2.75, 3.05) is 13.6 Å². The van der Waals surface area contributed by atoms with Crippen molar-refractivity contribution in [1.29, 1.82) is 5.26 Å². The largest absolute Gasteiger partial charge is 0.341 e. The molecule has 0 aliphatic heterocycles. The van der Waals surface area contributed by atoms with Crippen molar-refractivity contribution in [3.63, 3.8) is 0 Å². The Hall–Kier alpha value is -4.45. The van der Waals surface area contributed by atoms with E-state index in [-0.39, 0.29) is 0 Å². The fourth-order valence-electron chi connectivity index (χ4n) is 3.84. The zero-order valence-corrected chi connectivity index (χ0v) is 19.1. The second-order valence-corrected chi connectivity index (χ2v) is 7.77. The molecule has 4 rings (SSSR count). The SMILES string of the molecule is CCN(C)C(=O)n1c(-c2ccnn2-c2ccc(C#N)cc2)c(C)n(-c2cccc(CF)c2)c1=O. The van der Waals surface area contributed by atoms with E-state index in [1.165, 1.54) is 9.47 Å². The van der Waals surface area contributed by atoms with Gasteiger partial charge in [0.1, 0.15) is 12.4 Å². The van der Waals surface area contributed by atoms with Crippen LogP contribution in [-0.2, 0) is 6.67 Å². The van der Waals surface area contributed by atoms with E-state index in [2.05, 4.69) is 11.2 Å². The Morgan fingerprint density at radius 1 is 1.15 bits per heavy atom. The fraction of sp³-hybridized carbons (Fsp3) is 0.200. The smallest absolute Gasteiger partial charge is 0.327 e. The molecule has 2 heterocycles. The number of nitrogens with zero attached hydrogens (tertiary/aromatic N) is 6. The highest BCUT2D eigenvalue weighted by atomic mass is 19.1. The average molecular weight is 458 g/mol. The first kappa shape index (κ1) is 22.7. The Morgan fingerprint density at radius 3 is 2.53 bits per heavy atom. The van der Waals surface area contributed by atoms with Crippen LogP contribution in [0.5, 0.6) is 0 Å². The van der Waals surface area contributed by atoms with E-state index in [1.807, 2.05) is 6.92 Å². The first-order valence-electron chi connectivity index (χ1n) is 10.7. The summed E-state index contributed by atoms with van der Waals surface area (Å²) in [6, 6.07) is 16.7. The summed E-state index contributed by atoms with van der Waals surface area (Å²) in [6.07, 6.45) is 1.58. The topological polar surface area (TPSA) is 88.8 Å². The first-order chi connectivity index (χ1) is 16.4. The van der Waals surface area contributed by atoms with Crippen LogP contribution in [0.25, 0.3) is 22.8 Å². The van der Waals surface area contributed by atoms with Gasteiger partial charge >= 0.3 is 11.7 Å². The maximum atomic E-state index is 13.6. The molecule has 0 spiro atoms. The Bertz CT molecular complexity index is 1460. The maximum absolute atomic E-state index is 13.6. The summed E-state index contributed by atoms with van der Waals surface area (Å²) in [5, 5.41) is 13.5. The lowest BCUT2D eigenvalue weighted by Crippen LogP contribution is -2.38. The van der Waals surface area contributed by atoms with Crippen LogP contribution in [0.2, 0.25) is 0 Å². The highest BCUT2D eigenvalue weighted by Gasteiger charge is 2.27. The summed E-state index contributed by atoms with van der Waals surface area (Å²) in [5.74, 6) is 0. The molecule has 0 unspecified atom stereocenters. The molecule has 0 aliphatic rings. The lowest BCUT2D eigenvalue weighted by molar-refractivity contribution is 0.212. The van der Waals surface area contributed by atoms with Gasteiger partial charge in [-0.25, -0.2) is 23.2 Å². The van der Waals surface area contributed by atoms with Gasteiger partial charge in [-0.1, -0.05) is 12.1 Å². The number of halogens is 1.